The highest BCUT2D eigenvalue weighted by molar-refractivity contribution is 7.11. The SMILES string of the molecule is CN=C(NCCNC(=O)c1scnc1C)N1CC(C)OC(c2ccc(F)cc2)C1. The molecule has 2 heterocycles. The van der Waals surface area contributed by atoms with Crippen LogP contribution in [0.1, 0.15) is 34.0 Å². The van der Waals surface area contributed by atoms with Gasteiger partial charge in [-0.2, -0.15) is 0 Å². The molecule has 1 fully saturated rings. The molecule has 1 aromatic carbocycles. The summed E-state index contributed by atoms with van der Waals surface area (Å²) in [5.41, 5.74) is 3.34. The Morgan fingerprint density at radius 1 is 1.31 bits per heavy atom. The van der Waals surface area contributed by atoms with Gasteiger partial charge in [0.15, 0.2) is 5.96 Å². The average molecular weight is 420 g/mol. The zero-order valence-electron chi connectivity index (χ0n) is 16.8. The highest BCUT2D eigenvalue weighted by Crippen LogP contribution is 2.25. The molecule has 9 heteroatoms. The smallest absolute Gasteiger partial charge is 0.263 e. The Kier molecular flexibility index (Phi) is 7.16. The van der Waals surface area contributed by atoms with Gasteiger partial charge in [0.2, 0.25) is 0 Å². The maximum absolute atomic E-state index is 13.2. The molecule has 7 nitrogen and oxygen atoms in total. The van der Waals surface area contributed by atoms with Crippen LogP contribution in [0.4, 0.5) is 4.39 Å². The van der Waals surface area contributed by atoms with E-state index >= 15 is 0 Å². The molecule has 1 saturated heterocycles. The summed E-state index contributed by atoms with van der Waals surface area (Å²) in [6.07, 6.45) is -0.154. The van der Waals surface area contributed by atoms with Gasteiger partial charge in [-0.1, -0.05) is 12.1 Å². The number of nitrogens with one attached hydrogen (secondary N) is 2. The van der Waals surface area contributed by atoms with Gasteiger partial charge in [0, 0.05) is 26.7 Å². The molecule has 0 saturated carbocycles. The Morgan fingerprint density at radius 2 is 2.03 bits per heavy atom. The van der Waals surface area contributed by atoms with Crippen molar-refractivity contribution in [2.24, 2.45) is 4.99 Å². The minimum atomic E-state index is -0.262. The van der Waals surface area contributed by atoms with Crippen LogP contribution in [-0.4, -0.2) is 61.1 Å². The third kappa shape index (κ3) is 5.51. The number of rotatable bonds is 5. The number of hydrogen-bond donors (Lipinski definition) is 2. The summed E-state index contributed by atoms with van der Waals surface area (Å²) in [4.78, 5) is 23.4. The molecular formula is C20H26FN5O2S. The predicted octanol–water partition coefficient (Wildman–Crippen LogP) is 2.36. The van der Waals surface area contributed by atoms with Gasteiger partial charge in [-0.05, 0) is 31.5 Å². The van der Waals surface area contributed by atoms with E-state index in [1.807, 2.05) is 13.8 Å². The van der Waals surface area contributed by atoms with Gasteiger partial charge < -0.3 is 20.3 Å². The van der Waals surface area contributed by atoms with E-state index in [0.29, 0.717) is 31.1 Å². The number of morpholine rings is 1. The van der Waals surface area contributed by atoms with Crippen molar-refractivity contribution in [2.45, 2.75) is 26.1 Å². The third-order valence-electron chi connectivity index (χ3n) is 4.66. The second kappa shape index (κ2) is 9.80. The quantitative estimate of drug-likeness (QED) is 0.442. The van der Waals surface area contributed by atoms with Gasteiger partial charge in [-0.15, -0.1) is 11.3 Å². The average Bonchev–Trinajstić information content (AvgIpc) is 3.14. The van der Waals surface area contributed by atoms with E-state index in [9.17, 15) is 9.18 Å². The molecule has 1 aliphatic heterocycles. The van der Waals surface area contributed by atoms with Crippen molar-refractivity contribution < 1.29 is 13.9 Å². The van der Waals surface area contributed by atoms with E-state index in [-0.39, 0.29) is 23.9 Å². The lowest BCUT2D eigenvalue weighted by molar-refractivity contribution is -0.0604. The lowest BCUT2D eigenvalue weighted by Crippen LogP contribution is -2.51. The molecule has 29 heavy (non-hydrogen) atoms. The fourth-order valence-corrected chi connectivity index (χ4v) is 3.99. The summed E-state index contributed by atoms with van der Waals surface area (Å²) in [5.74, 6) is 0.371. The molecule has 0 radical (unpaired) electrons. The Hall–Kier alpha value is -2.52. The largest absolute Gasteiger partial charge is 0.367 e. The van der Waals surface area contributed by atoms with Gasteiger partial charge in [-0.3, -0.25) is 9.79 Å². The van der Waals surface area contributed by atoms with Crippen LogP contribution in [-0.2, 0) is 4.74 Å². The third-order valence-corrected chi connectivity index (χ3v) is 5.59. The first kappa shape index (κ1) is 21.2. The second-order valence-corrected chi connectivity index (χ2v) is 7.74. The van der Waals surface area contributed by atoms with Crippen molar-refractivity contribution in [1.82, 2.24) is 20.5 Å². The van der Waals surface area contributed by atoms with Crippen molar-refractivity contribution in [3.63, 3.8) is 0 Å². The summed E-state index contributed by atoms with van der Waals surface area (Å²) < 4.78 is 19.3. The number of amides is 1. The maximum atomic E-state index is 13.2. The number of guanidine groups is 1. The normalized spacial score (nSPS) is 19.9. The number of nitrogens with zero attached hydrogens (tertiary/aromatic N) is 3. The first-order valence-electron chi connectivity index (χ1n) is 9.52. The lowest BCUT2D eigenvalue weighted by Gasteiger charge is -2.38. The van der Waals surface area contributed by atoms with Gasteiger partial charge in [0.05, 0.1) is 23.9 Å². The van der Waals surface area contributed by atoms with Crippen LogP contribution < -0.4 is 10.6 Å². The second-order valence-electron chi connectivity index (χ2n) is 6.89. The number of aliphatic imine (C=N–C) groups is 1. The molecule has 2 atom stereocenters. The summed E-state index contributed by atoms with van der Waals surface area (Å²) in [6, 6.07) is 6.40. The van der Waals surface area contributed by atoms with E-state index in [4.69, 9.17) is 4.74 Å². The first-order chi connectivity index (χ1) is 14.0. The summed E-state index contributed by atoms with van der Waals surface area (Å²) in [7, 11) is 1.73. The van der Waals surface area contributed by atoms with Crippen LogP contribution in [0.15, 0.2) is 34.8 Å². The maximum Gasteiger partial charge on any atom is 0.263 e. The molecule has 2 unspecified atom stereocenters. The Bertz CT molecular complexity index is 855. The summed E-state index contributed by atoms with van der Waals surface area (Å²) >= 11 is 1.34. The molecule has 2 aromatic rings. The lowest BCUT2D eigenvalue weighted by atomic mass is 10.1. The zero-order valence-corrected chi connectivity index (χ0v) is 17.6. The molecule has 3 rings (SSSR count). The van der Waals surface area contributed by atoms with Crippen LogP contribution in [0, 0.1) is 12.7 Å². The van der Waals surface area contributed by atoms with E-state index in [1.165, 1.54) is 23.5 Å². The highest BCUT2D eigenvalue weighted by Gasteiger charge is 2.28. The van der Waals surface area contributed by atoms with Crippen LogP contribution in [0.2, 0.25) is 0 Å². The number of carbonyl (C=O) groups excluding carboxylic acids is 1. The standard InChI is InChI=1S/C20H26FN5O2S/c1-13-10-26(11-17(28-13)15-4-6-16(21)7-5-15)20(22-3)24-9-8-23-19(27)18-14(2)25-12-29-18/h4-7,12-13,17H,8-11H2,1-3H3,(H,22,24)(H,23,27). The van der Waals surface area contributed by atoms with E-state index < -0.39 is 0 Å². The number of thiazole rings is 1. The van der Waals surface area contributed by atoms with Gasteiger partial charge in [0.25, 0.3) is 5.91 Å². The number of hydrogen-bond acceptors (Lipinski definition) is 5. The van der Waals surface area contributed by atoms with Gasteiger partial charge in [0.1, 0.15) is 16.8 Å². The molecule has 1 amide bonds. The van der Waals surface area contributed by atoms with Crippen molar-refractivity contribution >= 4 is 23.2 Å². The molecule has 1 aliphatic rings. The minimum absolute atomic E-state index is 0.00589. The van der Waals surface area contributed by atoms with Crippen LogP contribution in [0.3, 0.4) is 0 Å². The highest BCUT2D eigenvalue weighted by atomic mass is 32.1. The molecular weight excluding hydrogens is 393 g/mol. The van der Waals surface area contributed by atoms with E-state index in [1.54, 1.807) is 24.7 Å². The number of ether oxygens (including phenoxy) is 1. The Morgan fingerprint density at radius 3 is 2.69 bits per heavy atom. The van der Waals surface area contributed by atoms with Crippen molar-refractivity contribution in [1.29, 1.82) is 0 Å². The fraction of sp³-hybridized carbons (Fsp3) is 0.450. The number of aryl methyl sites for hydroxylation is 1. The molecule has 0 bridgehead atoms. The zero-order chi connectivity index (χ0) is 20.8. The van der Waals surface area contributed by atoms with Crippen molar-refractivity contribution in [2.75, 3.05) is 33.2 Å². The predicted molar refractivity (Wildman–Crippen MR) is 112 cm³/mol. The van der Waals surface area contributed by atoms with Gasteiger partial charge in [-0.25, -0.2) is 9.37 Å². The molecule has 0 aliphatic carbocycles. The molecule has 2 N–H and O–H groups in total. The van der Waals surface area contributed by atoms with Crippen LogP contribution >= 0.6 is 11.3 Å². The summed E-state index contributed by atoms with van der Waals surface area (Å²) in [6.45, 7) is 6.15. The monoisotopic (exact) mass is 419 g/mol. The Balaban J connectivity index is 1.52. The number of aromatic nitrogens is 1. The van der Waals surface area contributed by atoms with Crippen molar-refractivity contribution in [3.05, 3.63) is 51.7 Å². The molecule has 1 aromatic heterocycles. The van der Waals surface area contributed by atoms with E-state index in [0.717, 1.165) is 17.2 Å². The molecule has 0 spiro atoms. The molecule has 156 valence electrons. The number of halogens is 1. The van der Waals surface area contributed by atoms with Crippen LogP contribution in [0.25, 0.3) is 0 Å². The fourth-order valence-electron chi connectivity index (χ4n) is 3.27. The Labute approximate surface area is 174 Å². The van der Waals surface area contributed by atoms with Crippen molar-refractivity contribution in [3.8, 4) is 0 Å². The topological polar surface area (TPSA) is 78.8 Å². The number of carbonyl (C=O) groups is 1. The number of benzene rings is 1. The van der Waals surface area contributed by atoms with Crippen LogP contribution in [0.5, 0.6) is 0 Å². The first-order valence-corrected chi connectivity index (χ1v) is 10.4. The van der Waals surface area contributed by atoms with E-state index in [2.05, 4.69) is 25.5 Å². The summed E-state index contributed by atoms with van der Waals surface area (Å²) in [5, 5.41) is 6.18. The minimum Gasteiger partial charge on any atom is -0.367 e. The van der Waals surface area contributed by atoms with Gasteiger partial charge >= 0.3 is 0 Å².